The Morgan fingerprint density at radius 3 is 1.64 bits per heavy atom. The summed E-state index contributed by atoms with van der Waals surface area (Å²) in [6, 6.07) is 0. The maximum atomic E-state index is 12.7. The highest BCUT2D eigenvalue weighted by Gasteiger charge is 2.47. The van der Waals surface area contributed by atoms with Crippen LogP contribution in [0.5, 0.6) is 0 Å². The van der Waals surface area contributed by atoms with Crippen molar-refractivity contribution in [2.24, 2.45) is 0 Å². The van der Waals surface area contributed by atoms with Gasteiger partial charge in [-0.25, -0.2) is 0 Å². The van der Waals surface area contributed by atoms with Gasteiger partial charge in [0, 0.05) is 0 Å². The monoisotopic (exact) mass is 396 g/mol. The van der Waals surface area contributed by atoms with E-state index in [1.54, 1.807) is 0 Å². The van der Waals surface area contributed by atoms with Gasteiger partial charge in [-0.1, -0.05) is 87.2 Å². The smallest absolute Gasteiger partial charge is 0.363 e. The van der Waals surface area contributed by atoms with Crippen molar-refractivity contribution in [2.45, 2.75) is 74.9 Å². The Morgan fingerprint density at radius 2 is 1.32 bits per heavy atom. The molecule has 1 atom stereocenters. The minimum absolute atomic E-state index is 0.212. The van der Waals surface area contributed by atoms with Crippen LogP contribution in [-0.4, -0.2) is 28.0 Å². The molecule has 0 aliphatic rings. The average Bonchev–Trinajstić information content (AvgIpc) is 2.45. The largest absolute Gasteiger partial charge is 0.377 e. The van der Waals surface area contributed by atoms with E-state index in [4.69, 9.17) is 43.9 Å². The molecule has 0 saturated carbocycles. The summed E-state index contributed by atoms with van der Waals surface area (Å²) in [7, 11) is -3.87. The zero-order chi connectivity index (χ0) is 17.1. The number of aliphatic hydroxyl groups is 1. The number of alkyl halides is 3. The molecule has 22 heavy (non-hydrogen) atoms. The third-order valence-electron chi connectivity index (χ3n) is 3.13. The van der Waals surface area contributed by atoms with E-state index in [0.717, 1.165) is 51.4 Å². The number of unbranched alkanes of at least 4 members (excludes halogenated alkanes) is 6. The average molecular weight is 398 g/mol. The number of halogens is 3. The number of hydrogen-bond donors (Lipinski definition) is 1. The van der Waals surface area contributed by atoms with E-state index in [1.807, 2.05) is 0 Å². The zero-order valence-electron chi connectivity index (χ0n) is 13.4. The van der Waals surface area contributed by atoms with Gasteiger partial charge in [0.2, 0.25) is 9.64 Å². The molecule has 1 N–H and O–H groups in total. The van der Waals surface area contributed by atoms with E-state index in [2.05, 4.69) is 13.8 Å². The lowest BCUT2D eigenvalue weighted by molar-refractivity contribution is 0.139. The van der Waals surface area contributed by atoms with Crippen molar-refractivity contribution in [3.05, 3.63) is 0 Å². The van der Waals surface area contributed by atoms with Crippen LogP contribution < -0.4 is 0 Å². The van der Waals surface area contributed by atoms with Gasteiger partial charge in [-0.2, -0.15) is 0 Å². The van der Waals surface area contributed by atoms with Crippen LogP contribution in [0.2, 0.25) is 0 Å². The number of aliphatic hydroxyl groups excluding tert-OH is 1. The molecule has 1 unspecified atom stereocenters. The first-order chi connectivity index (χ1) is 10.3. The molecule has 4 nitrogen and oxygen atoms in total. The van der Waals surface area contributed by atoms with Gasteiger partial charge in [0.15, 0.2) is 0 Å². The van der Waals surface area contributed by atoms with Gasteiger partial charge in [-0.3, -0.25) is 4.57 Å². The summed E-state index contributed by atoms with van der Waals surface area (Å²) >= 11 is 16.9. The normalized spacial score (nSPS) is 14.3. The Labute approximate surface area is 149 Å². The molecule has 0 rings (SSSR count). The Morgan fingerprint density at radius 1 is 0.909 bits per heavy atom. The maximum Gasteiger partial charge on any atom is 0.363 e. The lowest BCUT2D eigenvalue weighted by Gasteiger charge is -2.27. The molecule has 0 spiro atoms. The van der Waals surface area contributed by atoms with Crippen LogP contribution in [0.3, 0.4) is 0 Å². The highest BCUT2D eigenvalue weighted by molar-refractivity contribution is 7.55. The minimum atomic E-state index is -3.87. The van der Waals surface area contributed by atoms with Crippen molar-refractivity contribution in [2.75, 3.05) is 13.2 Å². The number of hydrogen-bond acceptors (Lipinski definition) is 4. The summed E-state index contributed by atoms with van der Waals surface area (Å²) in [6.07, 6.45) is 7.67. The Balaban J connectivity index is 4.45. The topological polar surface area (TPSA) is 55.8 Å². The highest BCUT2D eigenvalue weighted by Crippen LogP contribution is 2.59. The van der Waals surface area contributed by atoms with Crippen LogP contribution in [0.25, 0.3) is 0 Å². The fourth-order valence-corrected chi connectivity index (χ4v) is 4.36. The fraction of sp³-hybridized carbons (Fsp3) is 1.00. The summed E-state index contributed by atoms with van der Waals surface area (Å²) in [6.45, 7) is 4.61. The SMILES string of the molecule is CCCCCCOP(=O)(OCCCCCC)C(O)C(Cl)(Cl)Cl. The molecule has 0 amide bonds. The van der Waals surface area contributed by atoms with Crippen LogP contribution in [0.4, 0.5) is 0 Å². The molecule has 0 heterocycles. The third kappa shape index (κ3) is 9.97. The van der Waals surface area contributed by atoms with Crippen LogP contribution in [0.1, 0.15) is 65.2 Å². The Bertz CT molecular complexity index is 306. The maximum absolute atomic E-state index is 12.7. The van der Waals surface area contributed by atoms with Crippen molar-refractivity contribution in [3.8, 4) is 0 Å². The third-order valence-corrected chi connectivity index (χ3v) is 6.28. The lowest BCUT2D eigenvalue weighted by atomic mass is 10.2. The van der Waals surface area contributed by atoms with Gasteiger partial charge >= 0.3 is 7.60 Å². The predicted octanol–water partition coefficient (Wildman–Crippen LogP) is 6.06. The molecule has 0 aliphatic carbocycles. The first-order valence-corrected chi connectivity index (χ1v) is 10.7. The van der Waals surface area contributed by atoms with E-state index in [9.17, 15) is 9.67 Å². The lowest BCUT2D eigenvalue weighted by Crippen LogP contribution is -2.27. The van der Waals surface area contributed by atoms with Crippen molar-refractivity contribution in [1.29, 1.82) is 0 Å². The molecule has 0 aromatic carbocycles. The first-order valence-electron chi connectivity index (χ1n) is 7.91. The molecule has 134 valence electrons. The quantitative estimate of drug-likeness (QED) is 0.233. The fourth-order valence-electron chi connectivity index (χ4n) is 1.80. The molecule has 0 aromatic heterocycles. The molecule has 0 fully saturated rings. The molecule has 0 aromatic rings. The van der Waals surface area contributed by atoms with E-state index in [1.165, 1.54) is 0 Å². The van der Waals surface area contributed by atoms with Crippen LogP contribution >= 0.6 is 42.4 Å². The molecular formula is C14H28Cl3O4P. The Hall–Kier alpha value is 0.980. The van der Waals surface area contributed by atoms with Crippen molar-refractivity contribution >= 4 is 42.4 Å². The molecule has 0 bridgehead atoms. The van der Waals surface area contributed by atoms with E-state index < -0.39 is 17.2 Å². The van der Waals surface area contributed by atoms with E-state index in [0.29, 0.717) is 0 Å². The predicted molar refractivity (Wildman–Crippen MR) is 94.1 cm³/mol. The van der Waals surface area contributed by atoms with Gasteiger partial charge in [-0.15, -0.1) is 0 Å². The molecule has 0 radical (unpaired) electrons. The highest BCUT2D eigenvalue weighted by atomic mass is 35.6. The van der Waals surface area contributed by atoms with Gasteiger partial charge in [0.1, 0.15) is 0 Å². The summed E-state index contributed by atoms with van der Waals surface area (Å²) in [5, 5.41) is 10.0. The molecule has 0 aliphatic heterocycles. The molecule has 0 saturated heterocycles. The van der Waals surface area contributed by atoms with E-state index >= 15 is 0 Å². The van der Waals surface area contributed by atoms with Crippen molar-refractivity contribution < 1.29 is 18.7 Å². The minimum Gasteiger partial charge on any atom is -0.377 e. The second kappa shape index (κ2) is 12.4. The molecule has 8 heteroatoms. The number of rotatable bonds is 13. The van der Waals surface area contributed by atoms with Crippen LogP contribution in [0, 0.1) is 0 Å². The van der Waals surface area contributed by atoms with Gasteiger partial charge in [0.25, 0.3) is 0 Å². The van der Waals surface area contributed by atoms with Crippen LogP contribution in [-0.2, 0) is 13.6 Å². The summed E-state index contributed by atoms with van der Waals surface area (Å²) in [5.41, 5.74) is 0. The van der Waals surface area contributed by atoms with Crippen molar-refractivity contribution in [3.63, 3.8) is 0 Å². The van der Waals surface area contributed by atoms with Gasteiger partial charge < -0.3 is 14.2 Å². The second-order valence-electron chi connectivity index (χ2n) is 5.24. The first kappa shape index (κ1) is 23.0. The Kier molecular flexibility index (Phi) is 12.9. The summed E-state index contributed by atoms with van der Waals surface area (Å²) in [4.78, 5) is 0. The van der Waals surface area contributed by atoms with E-state index in [-0.39, 0.29) is 13.2 Å². The van der Waals surface area contributed by atoms with Gasteiger partial charge in [-0.05, 0) is 12.8 Å². The van der Waals surface area contributed by atoms with Gasteiger partial charge in [0.05, 0.1) is 13.2 Å². The second-order valence-corrected chi connectivity index (χ2v) is 9.70. The van der Waals surface area contributed by atoms with Crippen molar-refractivity contribution in [1.82, 2.24) is 0 Å². The zero-order valence-corrected chi connectivity index (χ0v) is 16.6. The molecular weight excluding hydrogens is 369 g/mol. The van der Waals surface area contributed by atoms with Crippen LogP contribution in [0.15, 0.2) is 0 Å². The summed E-state index contributed by atoms with van der Waals surface area (Å²) in [5.74, 6) is -1.79. The summed E-state index contributed by atoms with van der Waals surface area (Å²) < 4.78 is 21.2. The standard InChI is InChI=1S/C14H28Cl3O4P/c1-3-5-7-9-11-20-22(19,13(18)14(15,16)17)21-12-10-8-6-4-2/h13,18H,3-12H2,1-2H3.